The van der Waals surface area contributed by atoms with Gasteiger partial charge >= 0.3 is 0 Å². The van der Waals surface area contributed by atoms with Crippen molar-refractivity contribution in [3.8, 4) is 0 Å². The first-order valence-corrected chi connectivity index (χ1v) is 7.76. The quantitative estimate of drug-likeness (QED) is 0.830. The molecule has 1 aromatic heterocycles. The van der Waals surface area contributed by atoms with Crippen LogP contribution in [0.25, 0.3) is 0 Å². The predicted molar refractivity (Wildman–Crippen MR) is 95.2 cm³/mol. The molecule has 0 aliphatic carbocycles. The minimum absolute atomic E-state index is 0. The van der Waals surface area contributed by atoms with E-state index < -0.39 is 5.54 Å². The molecule has 8 heteroatoms. The number of nitrogens with one attached hydrogen (secondary N) is 1. The second-order valence-corrected chi connectivity index (χ2v) is 6.45. The molecule has 0 bridgehead atoms. The highest BCUT2D eigenvalue weighted by molar-refractivity contribution is 7.10. The van der Waals surface area contributed by atoms with Crippen molar-refractivity contribution in [1.82, 2.24) is 10.2 Å². The standard InChI is InChI=1S/C14H23N3O2S.2ClH/c1-17(2)11(12-4-3-9-20-12)10-16-13(18)14(15)5-7-19-8-6-14;;/h3-4,9,11H,5-8,10,15H2,1-2H3,(H,16,18);2*1H. The van der Waals surface area contributed by atoms with Gasteiger partial charge in [0, 0.05) is 24.6 Å². The lowest BCUT2D eigenvalue weighted by Gasteiger charge is -2.33. The lowest BCUT2D eigenvalue weighted by atomic mass is 9.90. The van der Waals surface area contributed by atoms with Crippen molar-refractivity contribution in [1.29, 1.82) is 0 Å². The number of hydrogen-bond acceptors (Lipinski definition) is 5. The van der Waals surface area contributed by atoms with E-state index in [0.29, 0.717) is 32.6 Å². The van der Waals surface area contributed by atoms with E-state index >= 15 is 0 Å². The summed E-state index contributed by atoms with van der Waals surface area (Å²) in [5.41, 5.74) is 5.41. The second-order valence-electron chi connectivity index (χ2n) is 5.47. The molecular weight excluding hydrogens is 345 g/mol. The van der Waals surface area contributed by atoms with E-state index in [1.54, 1.807) is 11.3 Å². The molecule has 0 spiro atoms. The number of rotatable bonds is 5. The summed E-state index contributed by atoms with van der Waals surface area (Å²) >= 11 is 1.70. The Morgan fingerprint density at radius 3 is 2.59 bits per heavy atom. The average molecular weight is 370 g/mol. The number of likely N-dealkylation sites (N-methyl/N-ethyl adjacent to an activating group) is 1. The van der Waals surface area contributed by atoms with Crippen LogP contribution in [0.4, 0.5) is 0 Å². The zero-order valence-corrected chi connectivity index (χ0v) is 15.4. The summed E-state index contributed by atoms with van der Waals surface area (Å²) in [6, 6.07) is 4.30. The van der Waals surface area contributed by atoms with Crippen molar-refractivity contribution < 1.29 is 9.53 Å². The van der Waals surface area contributed by atoms with Crippen molar-refractivity contribution >= 4 is 42.1 Å². The molecular formula is C14H25Cl2N3O2S. The van der Waals surface area contributed by atoms with E-state index in [1.807, 2.05) is 20.2 Å². The molecule has 0 radical (unpaired) electrons. The minimum atomic E-state index is -0.773. The second kappa shape index (κ2) is 9.70. The molecule has 2 rings (SSSR count). The van der Waals surface area contributed by atoms with Gasteiger partial charge < -0.3 is 20.7 Å². The zero-order chi connectivity index (χ0) is 14.6. The van der Waals surface area contributed by atoms with E-state index in [9.17, 15) is 4.79 Å². The van der Waals surface area contributed by atoms with Gasteiger partial charge in [-0.05, 0) is 38.4 Å². The van der Waals surface area contributed by atoms with Gasteiger partial charge in [-0.2, -0.15) is 0 Å². The Morgan fingerprint density at radius 2 is 2.09 bits per heavy atom. The smallest absolute Gasteiger partial charge is 0.240 e. The number of ether oxygens (including phenoxy) is 1. The van der Waals surface area contributed by atoms with Crippen molar-refractivity contribution in [2.75, 3.05) is 33.9 Å². The Balaban J connectivity index is 0.00000220. The summed E-state index contributed by atoms with van der Waals surface area (Å²) in [6.45, 7) is 1.70. The molecule has 0 saturated carbocycles. The third kappa shape index (κ3) is 5.37. The number of amides is 1. The van der Waals surface area contributed by atoms with Crippen LogP contribution in [-0.2, 0) is 9.53 Å². The van der Waals surface area contributed by atoms with Gasteiger partial charge in [0.1, 0.15) is 0 Å². The first kappa shape index (κ1) is 21.6. The van der Waals surface area contributed by atoms with Crippen molar-refractivity contribution in [2.24, 2.45) is 5.73 Å². The molecule has 1 aliphatic heterocycles. The van der Waals surface area contributed by atoms with Gasteiger partial charge in [0.2, 0.25) is 5.91 Å². The maximum atomic E-state index is 12.3. The van der Waals surface area contributed by atoms with Gasteiger partial charge in [0.25, 0.3) is 0 Å². The van der Waals surface area contributed by atoms with Gasteiger partial charge in [-0.3, -0.25) is 4.79 Å². The first-order chi connectivity index (χ1) is 9.53. The van der Waals surface area contributed by atoms with Gasteiger partial charge in [-0.25, -0.2) is 0 Å². The third-order valence-electron chi connectivity index (χ3n) is 3.79. The van der Waals surface area contributed by atoms with E-state index in [2.05, 4.69) is 21.7 Å². The summed E-state index contributed by atoms with van der Waals surface area (Å²) < 4.78 is 5.27. The summed E-state index contributed by atoms with van der Waals surface area (Å²) in [5, 5.41) is 5.06. The van der Waals surface area contributed by atoms with Crippen molar-refractivity contribution in [3.63, 3.8) is 0 Å². The summed E-state index contributed by atoms with van der Waals surface area (Å²) in [6.07, 6.45) is 1.18. The lowest BCUT2D eigenvalue weighted by molar-refractivity contribution is -0.130. The molecule has 2 heterocycles. The fourth-order valence-electron chi connectivity index (χ4n) is 2.35. The largest absolute Gasteiger partial charge is 0.381 e. The Kier molecular flexibility index (Phi) is 9.54. The Labute approximate surface area is 148 Å². The highest BCUT2D eigenvalue weighted by Crippen LogP contribution is 2.23. The van der Waals surface area contributed by atoms with Gasteiger partial charge in [0.15, 0.2) is 0 Å². The Bertz CT molecular complexity index is 437. The van der Waals surface area contributed by atoms with E-state index in [1.165, 1.54) is 4.88 Å². The van der Waals surface area contributed by atoms with E-state index in [-0.39, 0.29) is 36.8 Å². The number of thiophene rings is 1. The van der Waals surface area contributed by atoms with Crippen LogP contribution in [0.1, 0.15) is 23.8 Å². The molecule has 1 atom stereocenters. The highest BCUT2D eigenvalue weighted by atomic mass is 35.5. The number of carbonyl (C=O) groups is 1. The van der Waals surface area contributed by atoms with Crippen LogP contribution >= 0.6 is 36.2 Å². The summed E-state index contributed by atoms with van der Waals surface area (Å²) in [7, 11) is 4.03. The summed E-state index contributed by atoms with van der Waals surface area (Å²) in [5.74, 6) is -0.0655. The lowest BCUT2D eigenvalue weighted by Crippen LogP contribution is -2.57. The van der Waals surface area contributed by atoms with Crippen molar-refractivity contribution in [3.05, 3.63) is 22.4 Å². The maximum Gasteiger partial charge on any atom is 0.240 e. The third-order valence-corrected chi connectivity index (χ3v) is 4.76. The monoisotopic (exact) mass is 369 g/mol. The topological polar surface area (TPSA) is 67.6 Å². The summed E-state index contributed by atoms with van der Waals surface area (Å²) in [4.78, 5) is 15.7. The van der Waals surface area contributed by atoms with Gasteiger partial charge in [-0.15, -0.1) is 36.2 Å². The van der Waals surface area contributed by atoms with E-state index in [0.717, 1.165) is 0 Å². The normalized spacial score (nSPS) is 18.0. The minimum Gasteiger partial charge on any atom is -0.381 e. The molecule has 128 valence electrons. The van der Waals surface area contributed by atoms with Crippen LogP contribution in [0.3, 0.4) is 0 Å². The van der Waals surface area contributed by atoms with Crippen molar-refractivity contribution in [2.45, 2.75) is 24.4 Å². The molecule has 1 amide bonds. The Hall–Kier alpha value is -0.370. The fraction of sp³-hybridized carbons (Fsp3) is 0.643. The molecule has 1 saturated heterocycles. The van der Waals surface area contributed by atoms with Crippen LogP contribution in [0.15, 0.2) is 17.5 Å². The SMILES string of the molecule is CN(C)C(CNC(=O)C1(N)CCOCC1)c1cccs1.Cl.Cl. The van der Waals surface area contributed by atoms with Crippen LogP contribution < -0.4 is 11.1 Å². The average Bonchev–Trinajstić information content (AvgIpc) is 2.93. The molecule has 0 aromatic carbocycles. The van der Waals surface area contributed by atoms with E-state index in [4.69, 9.17) is 10.5 Å². The molecule has 22 heavy (non-hydrogen) atoms. The number of nitrogens with two attached hydrogens (primary N) is 1. The number of halogens is 2. The van der Waals surface area contributed by atoms with Crippen LogP contribution in [0, 0.1) is 0 Å². The number of hydrogen-bond donors (Lipinski definition) is 2. The number of carbonyl (C=O) groups excluding carboxylic acids is 1. The number of nitrogens with zero attached hydrogens (tertiary/aromatic N) is 1. The molecule has 1 fully saturated rings. The molecule has 1 aromatic rings. The molecule has 3 N–H and O–H groups in total. The zero-order valence-electron chi connectivity index (χ0n) is 12.9. The maximum absolute atomic E-state index is 12.3. The Morgan fingerprint density at radius 1 is 1.45 bits per heavy atom. The fourth-order valence-corrected chi connectivity index (χ4v) is 3.27. The van der Waals surface area contributed by atoms with Gasteiger partial charge in [-0.1, -0.05) is 6.07 Å². The van der Waals surface area contributed by atoms with Crippen LogP contribution in [-0.4, -0.2) is 50.2 Å². The molecule has 5 nitrogen and oxygen atoms in total. The predicted octanol–water partition coefficient (Wildman–Crippen LogP) is 1.82. The highest BCUT2D eigenvalue weighted by Gasteiger charge is 2.36. The van der Waals surface area contributed by atoms with Gasteiger partial charge in [0.05, 0.1) is 11.6 Å². The molecule has 1 unspecified atom stereocenters. The van der Waals surface area contributed by atoms with Crippen LogP contribution in [0.5, 0.6) is 0 Å². The molecule has 1 aliphatic rings. The van der Waals surface area contributed by atoms with Crippen LogP contribution in [0.2, 0.25) is 0 Å². The first-order valence-electron chi connectivity index (χ1n) is 6.88.